The van der Waals surface area contributed by atoms with Crippen LogP contribution >= 0.6 is 0 Å². The van der Waals surface area contributed by atoms with Crippen LogP contribution in [0.1, 0.15) is 10.4 Å². The van der Waals surface area contributed by atoms with Crippen molar-refractivity contribution in [3.63, 3.8) is 0 Å². The van der Waals surface area contributed by atoms with Crippen molar-refractivity contribution in [2.45, 2.75) is 4.90 Å². The van der Waals surface area contributed by atoms with Gasteiger partial charge in [-0.15, -0.1) is 0 Å². The van der Waals surface area contributed by atoms with Gasteiger partial charge in [-0.1, -0.05) is 24.3 Å². The summed E-state index contributed by atoms with van der Waals surface area (Å²) in [6, 6.07) is 22.6. The summed E-state index contributed by atoms with van der Waals surface area (Å²) in [6.45, 7) is 1.04. The molecule has 0 aromatic heterocycles. The van der Waals surface area contributed by atoms with Crippen LogP contribution in [-0.4, -0.2) is 48.6 Å². The number of nitrogens with one attached hydrogen (secondary N) is 1. The van der Waals surface area contributed by atoms with E-state index in [2.05, 4.69) is 5.32 Å². The molecular formula is C24H27N3O4S. The lowest BCUT2D eigenvalue weighted by Gasteiger charge is -2.20. The van der Waals surface area contributed by atoms with Crippen LogP contribution in [0.3, 0.4) is 0 Å². The van der Waals surface area contributed by atoms with Crippen molar-refractivity contribution in [2.24, 2.45) is 0 Å². The molecule has 8 heteroatoms. The van der Waals surface area contributed by atoms with Crippen molar-refractivity contribution in [1.29, 1.82) is 0 Å². The minimum absolute atomic E-state index is 0.0462. The quantitative estimate of drug-likeness (QED) is 0.537. The number of methoxy groups -OCH3 is 1. The highest BCUT2D eigenvalue weighted by Gasteiger charge is 2.22. The molecule has 0 saturated heterocycles. The van der Waals surface area contributed by atoms with Gasteiger partial charge in [-0.05, 0) is 54.6 Å². The van der Waals surface area contributed by atoms with Gasteiger partial charge < -0.3 is 15.0 Å². The van der Waals surface area contributed by atoms with Gasteiger partial charge in [0.2, 0.25) is 0 Å². The Labute approximate surface area is 189 Å². The summed E-state index contributed by atoms with van der Waals surface area (Å²) in [5, 5.41) is 2.85. The number of hydrogen-bond acceptors (Lipinski definition) is 5. The van der Waals surface area contributed by atoms with E-state index in [1.807, 2.05) is 42.3 Å². The van der Waals surface area contributed by atoms with Gasteiger partial charge >= 0.3 is 0 Å². The zero-order chi connectivity index (χ0) is 23.1. The van der Waals surface area contributed by atoms with E-state index in [9.17, 15) is 13.2 Å². The Morgan fingerprint density at radius 2 is 1.59 bits per heavy atom. The van der Waals surface area contributed by atoms with E-state index in [0.29, 0.717) is 24.5 Å². The molecule has 0 heterocycles. The van der Waals surface area contributed by atoms with Crippen molar-refractivity contribution in [2.75, 3.05) is 43.5 Å². The van der Waals surface area contributed by atoms with E-state index in [0.717, 1.165) is 5.69 Å². The smallest absolute Gasteiger partial charge is 0.264 e. The van der Waals surface area contributed by atoms with E-state index in [-0.39, 0.29) is 16.4 Å². The average Bonchev–Trinajstić information content (AvgIpc) is 2.84. The van der Waals surface area contributed by atoms with Crippen molar-refractivity contribution in [3.8, 4) is 5.75 Å². The Morgan fingerprint density at radius 1 is 0.906 bits per heavy atom. The Kier molecular flexibility index (Phi) is 7.37. The van der Waals surface area contributed by atoms with Crippen molar-refractivity contribution >= 4 is 27.3 Å². The minimum Gasteiger partial charge on any atom is -0.497 e. The summed E-state index contributed by atoms with van der Waals surface area (Å²) >= 11 is 0. The molecule has 3 aromatic carbocycles. The first-order chi connectivity index (χ1) is 15.3. The van der Waals surface area contributed by atoms with E-state index in [1.54, 1.807) is 43.5 Å². The maximum Gasteiger partial charge on any atom is 0.264 e. The molecule has 32 heavy (non-hydrogen) atoms. The molecule has 0 bridgehead atoms. The topological polar surface area (TPSA) is 78.9 Å². The molecule has 7 nitrogen and oxygen atoms in total. The second-order valence-electron chi connectivity index (χ2n) is 7.21. The van der Waals surface area contributed by atoms with Gasteiger partial charge in [0.25, 0.3) is 15.9 Å². The van der Waals surface area contributed by atoms with E-state index < -0.39 is 10.0 Å². The van der Waals surface area contributed by atoms with Gasteiger partial charge in [-0.25, -0.2) is 8.42 Å². The number of para-hydroxylation sites is 1. The number of amides is 1. The van der Waals surface area contributed by atoms with Gasteiger partial charge in [0, 0.05) is 38.4 Å². The predicted molar refractivity (Wildman–Crippen MR) is 127 cm³/mol. The normalized spacial score (nSPS) is 11.0. The number of ether oxygens (including phenoxy) is 1. The molecule has 1 N–H and O–H groups in total. The van der Waals surface area contributed by atoms with Crippen LogP contribution in [0.15, 0.2) is 83.8 Å². The fourth-order valence-electron chi connectivity index (χ4n) is 3.14. The monoisotopic (exact) mass is 453 g/mol. The first kappa shape index (κ1) is 23.1. The number of hydrogen-bond donors (Lipinski definition) is 1. The second kappa shape index (κ2) is 10.2. The summed E-state index contributed by atoms with van der Waals surface area (Å²) in [7, 11) is 1.14. The number of carbonyl (C=O) groups excluding carboxylic acids is 1. The number of anilines is 2. The number of likely N-dealkylation sites (N-methyl/N-ethyl adjacent to an activating group) is 1. The van der Waals surface area contributed by atoms with Crippen LogP contribution in [0.25, 0.3) is 0 Å². The van der Waals surface area contributed by atoms with Gasteiger partial charge in [-0.3, -0.25) is 9.10 Å². The molecule has 0 spiro atoms. The Hall–Kier alpha value is -3.52. The van der Waals surface area contributed by atoms with Crippen molar-refractivity contribution in [1.82, 2.24) is 5.32 Å². The van der Waals surface area contributed by atoms with Crippen LogP contribution in [0.4, 0.5) is 11.4 Å². The molecule has 0 saturated carbocycles. The van der Waals surface area contributed by atoms with E-state index >= 15 is 0 Å². The number of sulfonamides is 1. The minimum atomic E-state index is -3.83. The number of rotatable bonds is 9. The largest absolute Gasteiger partial charge is 0.497 e. The lowest BCUT2D eigenvalue weighted by atomic mass is 10.2. The van der Waals surface area contributed by atoms with E-state index in [4.69, 9.17) is 4.74 Å². The highest BCUT2D eigenvalue weighted by atomic mass is 32.2. The molecule has 0 fully saturated rings. The van der Waals surface area contributed by atoms with Crippen molar-refractivity contribution in [3.05, 3.63) is 84.4 Å². The summed E-state index contributed by atoms with van der Waals surface area (Å²) in [5.41, 5.74) is 1.83. The third-order valence-corrected chi connectivity index (χ3v) is 6.90. The maximum absolute atomic E-state index is 13.1. The van der Waals surface area contributed by atoms with Crippen LogP contribution < -0.4 is 19.3 Å². The SMILES string of the molecule is COc1ccc(N(C)S(=O)(=O)c2cccc(C(=O)NCCN(C)c3ccccc3)c2)cc1. The zero-order valence-corrected chi connectivity index (χ0v) is 19.2. The second-order valence-corrected chi connectivity index (χ2v) is 9.18. The molecule has 3 rings (SSSR count). The maximum atomic E-state index is 13.1. The van der Waals surface area contributed by atoms with Crippen LogP contribution in [0.5, 0.6) is 5.75 Å². The lowest BCUT2D eigenvalue weighted by Crippen LogP contribution is -2.33. The number of benzene rings is 3. The first-order valence-electron chi connectivity index (χ1n) is 10.1. The molecule has 168 valence electrons. The van der Waals surface area contributed by atoms with Gasteiger partial charge in [-0.2, -0.15) is 0 Å². The molecule has 0 radical (unpaired) electrons. The highest BCUT2D eigenvalue weighted by Crippen LogP contribution is 2.24. The first-order valence-corrected chi connectivity index (χ1v) is 11.5. The van der Waals surface area contributed by atoms with Gasteiger partial charge in [0.05, 0.1) is 17.7 Å². The summed E-state index contributed by atoms with van der Waals surface area (Å²) < 4.78 is 32.5. The highest BCUT2D eigenvalue weighted by molar-refractivity contribution is 7.92. The Balaban J connectivity index is 1.67. The summed E-state index contributed by atoms with van der Waals surface area (Å²) in [6.07, 6.45) is 0. The zero-order valence-electron chi connectivity index (χ0n) is 18.4. The lowest BCUT2D eigenvalue weighted by molar-refractivity contribution is 0.0954. The van der Waals surface area contributed by atoms with Crippen molar-refractivity contribution < 1.29 is 17.9 Å². The average molecular weight is 454 g/mol. The third-order valence-electron chi connectivity index (χ3n) is 5.12. The standard InChI is InChI=1S/C24H27N3O4S/c1-26(20-9-5-4-6-10-20)17-16-25-24(28)19-8-7-11-23(18-19)32(29,30)27(2)21-12-14-22(31-3)15-13-21/h4-15,18H,16-17H2,1-3H3,(H,25,28). The van der Waals surface area contributed by atoms with Crippen LogP contribution in [0.2, 0.25) is 0 Å². The molecule has 0 atom stereocenters. The van der Waals surface area contributed by atoms with E-state index in [1.165, 1.54) is 23.5 Å². The summed E-state index contributed by atoms with van der Waals surface area (Å²) in [5.74, 6) is 0.312. The Morgan fingerprint density at radius 3 is 2.25 bits per heavy atom. The number of carbonyl (C=O) groups is 1. The molecule has 0 aliphatic carbocycles. The molecule has 0 unspecified atom stereocenters. The summed E-state index contributed by atoms with van der Waals surface area (Å²) in [4.78, 5) is 14.7. The molecule has 1 amide bonds. The van der Waals surface area contributed by atoms with Gasteiger partial charge in [0.1, 0.15) is 5.75 Å². The predicted octanol–water partition coefficient (Wildman–Crippen LogP) is 3.39. The molecule has 3 aromatic rings. The number of nitrogens with zero attached hydrogens (tertiary/aromatic N) is 2. The van der Waals surface area contributed by atoms with Crippen LogP contribution in [-0.2, 0) is 10.0 Å². The fraction of sp³-hybridized carbons (Fsp3) is 0.208. The molecular weight excluding hydrogens is 426 g/mol. The molecule has 0 aliphatic rings. The Bertz CT molecular complexity index is 1150. The fourth-order valence-corrected chi connectivity index (χ4v) is 4.38. The third kappa shape index (κ3) is 5.39. The van der Waals surface area contributed by atoms with Crippen LogP contribution in [0, 0.1) is 0 Å². The molecule has 0 aliphatic heterocycles. The van der Waals surface area contributed by atoms with Gasteiger partial charge in [0.15, 0.2) is 0 Å².